The molecular formula is C29H55N9O4S. The minimum Gasteiger partial charge on any atom is -0.388 e. The molecule has 43 heavy (non-hydrogen) atoms. The van der Waals surface area contributed by atoms with Crippen LogP contribution in [0.1, 0.15) is 26.3 Å². The number of thiocarbonyl (C=S) groups is 1. The van der Waals surface area contributed by atoms with E-state index in [4.69, 9.17) is 17.2 Å². The Balaban J connectivity index is 0. The predicted molar refractivity (Wildman–Crippen MR) is 179 cm³/mol. The Kier molecular flexibility index (Phi) is 26.1. The number of carbonyl (C=O) groups excluding carboxylic acids is 4. The van der Waals surface area contributed by atoms with Crippen LogP contribution >= 0.6 is 12.2 Å². The molecule has 1 fully saturated rings. The molecule has 2 rings (SSSR count). The zero-order chi connectivity index (χ0) is 33.2. The monoisotopic (exact) mass is 625 g/mol. The summed E-state index contributed by atoms with van der Waals surface area (Å²) in [5.74, 6) is -1.35. The summed E-state index contributed by atoms with van der Waals surface area (Å²) in [7, 11) is 3.35. The average molecular weight is 626 g/mol. The summed E-state index contributed by atoms with van der Waals surface area (Å²) in [5, 5.41) is 4.68. The van der Waals surface area contributed by atoms with E-state index in [-0.39, 0.29) is 32.2 Å². The van der Waals surface area contributed by atoms with Crippen molar-refractivity contribution in [2.75, 3.05) is 91.4 Å². The molecule has 1 aromatic carbocycles. The van der Waals surface area contributed by atoms with Crippen molar-refractivity contribution in [3.05, 3.63) is 29.8 Å². The molecular weight excluding hydrogens is 570 g/mol. The summed E-state index contributed by atoms with van der Waals surface area (Å²) < 4.78 is 0. The van der Waals surface area contributed by atoms with Gasteiger partial charge in [0.2, 0.25) is 17.7 Å². The quantitative estimate of drug-likeness (QED) is 0.151. The molecule has 3 amide bonds. The van der Waals surface area contributed by atoms with E-state index in [1.54, 1.807) is 5.37 Å². The van der Waals surface area contributed by atoms with Crippen LogP contribution in [0.4, 0.5) is 5.69 Å². The highest BCUT2D eigenvalue weighted by atomic mass is 32.1. The van der Waals surface area contributed by atoms with Crippen LogP contribution in [0.2, 0.25) is 0 Å². The van der Waals surface area contributed by atoms with Gasteiger partial charge in [0.25, 0.3) is 0 Å². The van der Waals surface area contributed by atoms with E-state index in [9.17, 15) is 19.2 Å². The maximum Gasteiger partial charge on any atom is 0.231 e. The molecule has 9 N–H and O–H groups in total. The van der Waals surface area contributed by atoms with Gasteiger partial charge in [-0.1, -0.05) is 38.2 Å². The predicted octanol–water partition coefficient (Wildman–Crippen LogP) is -0.877. The van der Waals surface area contributed by atoms with Gasteiger partial charge in [-0.2, -0.15) is 0 Å². The van der Waals surface area contributed by atoms with E-state index < -0.39 is 17.7 Å². The number of anilines is 1. The number of aldehydes is 1. The SMILES string of the molecule is CC.CC=S.CN.CNc1ccc(CC2CN(CC(N)=O)CCN(CC(N)=O)CCN(CC=O)CCN2CC(N)=O)cc1. The van der Waals surface area contributed by atoms with Crippen molar-refractivity contribution in [2.24, 2.45) is 22.9 Å². The molecule has 0 aliphatic carbocycles. The van der Waals surface area contributed by atoms with Crippen LogP contribution in [0.5, 0.6) is 0 Å². The van der Waals surface area contributed by atoms with Crippen LogP contribution < -0.4 is 28.3 Å². The number of hydrogen-bond donors (Lipinski definition) is 5. The lowest BCUT2D eigenvalue weighted by Crippen LogP contribution is -2.54. The van der Waals surface area contributed by atoms with Crippen LogP contribution in [0.25, 0.3) is 0 Å². The molecule has 13 nitrogen and oxygen atoms in total. The Morgan fingerprint density at radius 2 is 1.28 bits per heavy atom. The lowest BCUT2D eigenvalue weighted by Gasteiger charge is -2.38. The van der Waals surface area contributed by atoms with E-state index in [0.717, 1.165) is 17.5 Å². The van der Waals surface area contributed by atoms with Crippen molar-refractivity contribution >= 4 is 47.3 Å². The van der Waals surface area contributed by atoms with Crippen molar-refractivity contribution in [3.8, 4) is 0 Å². The second-order valence-corrected chi connectivity index (χ2v) is 9.86. The third kappa shape index (κ3) is 20.5. The van der Waals surface area contributed by atoms with E-state index >= 15 is 0 Å². The molecule has 1 aliphatic rings. The van der Waals surface area contributed by atoms with E-state index in [0.29, 0.717) is 52.2 Å². The maximum absolute atomic E-state index is 12.0. The van der Waals surface area contributed by atoms with Crippen molar-refractivity contribution in [3.63, 3.8) is 0 Å². The molecule has 0 radical (unpaired) electrons. The van der Waals surface area contributed by atoms with Gasteiger partial charge in [-0.05, 0) is 43.5 Å². The normalized spacial score (nSPS) is 17.0. The summed E-state index contributed by atoms with van der Waals surface area (Å²) in [5.41, 5.74) is 23.2. The van der Waals surface area contributed by atoms with Gasteiger partial charge in [-0.3, -0.25) is 34.0 Å². The fourth-order valence-corrected chi connectivity index (χ4v) is 4.46. The van der Waals surface area contributed by atoms with Crippen LogP contribution in [0.3, 0.4) is 0 Å². The van der Waals surface area contributed by atoms with Gasteiger partial charge in [-0.25, -0.2) is 0 Å². The highest BCUT2D eigenvalue weighted by Crippen LogP contribution is 2.15. The number of carbonyl (C=O) groups is 4. The minimum atomic E-state index is -0.459. The zero-order valence-electron chi connectivity index (χ0n) is 26.7. The van der Waals surface area contributed by atoms with Gasteiger partial charge < -0.3 is 33.0 Å². The first kappa shape index (κ1) is 42.1. The highest BCUT2D eigenvalue weighted by molar-refractivity contribution is 7.78. The topological polar surface area (TPSA) is 197 Å². The first-order valence-electron chi connectivity index (χ1n) is 14.6. The Bertz CT molecular complexity index is 922. The Morgan fingerprint density at radius 3 is 1.74 bits per heavy atom. The number of amides is 3. The molecule has 0 spiro atoms. The number of nitrogens with zero attached hydrogens (tertiary/aromatic N) is 4. The Morgan fingerprint density at radius 1 is 0.837 bits per heavy atom. The van der Waals surface area contributed by atoms with Gasteiger partial charge in [0.1, 0.15) is 6.29 Å². The molecule has 0 bridgehead atoms. The van der Waals surface area contributed by atoms with Gasteiger partial charge in [-0.15, -0.1) is 0 Å². The smallest absolute Gasteiger partial charge is 0.231 e. The fourth-order valence-electron chi connectivity index (χ4n) is 4.46. The van der Waals surface area contributed by atoms with Gasteiger partial charge in [0.15, 0.2) is 0 Å². The number of primary amides is 3. The largest absolute Gasteiger partial charge is 0.388 e. The van der Waals surface area contributed by atoms with Crippen molar-refractivity contribution in [1.82, 2.24) is 19.6 Å². The maximum atomic E-state index is 12.0. The Labute approximate surface area is 263 Å². The molecule has 1 unspecified atom stereocenters. The van der Waals surface area contributed by atoms with Crippen molar-refractivity contribution < 1.29 is 19.2 Å². The molecule has 0 aromatic heterocycles. The van der Waals surface area contributed by atoms with E-state index in [1.165, 1.54) is 7.05 Å². The van der Waals surface area contributed by atoms with Gasteiger partial charge in [0.05, 0.1) is 26.2 Å². The molecule has 1 atom stereocenters. The van der Waals surface area contributed by atoms with Gasteiger partial charge in [0, 0.05) is 64.6 Å². The van der Waals surface area contributed by atoms with Crippen LogP contribution in [-0.4, -0.2) is 141 Å². The number of nitrogens with one attached hydrogen (secondary N) is 1. The van der Waals surface area contributed by atoms with Gasteiger partial charge >= 0.3 is 0 Å². The third-order valence-electron chi connectivity index (χ3n) is 6.32. The number of nitrogens with two attached hydrogens (primary N) is 4. The zero-order valence-corrected chi connectivity index (χ0v) is 27.5. The summed E-state index contributed by atoms with van der Waals surface area (Å²) in [6, 6.07) is 7.86. The molecule has 1 heterocycles. The lowest BCUT2D eigenvalue weighted by molar-refractivity contribution is -0.121. The van der Waals surface area contributed by atoms with Crippen LogP contribution in [-0.2, 0) is 25.6 Å². The van der Waals surface area contributed by atoms with E-state index in [2.05, 4.69) is 23.3 Å². The standard InChI is InChI=1S/C24H40N8O4.C2H4S.C2H6.CH5N/c1-28-20-4-2-19(3-5-20)14-21-15-31(17-23(26)35)9-8-30(16-22(25)34)7-6-29(12-13-33)10-11-32(21)18-24(27)36;1-2-3;2*1-2/h2-5,13,21,28H,6-12,14-18H2,1H3,(H2,25,34)(H2,26,35)(H2,27,36);2H,1H3;1-2H3;2H2,1H3. The first-order valence-corrected chi connectivity index (χ1v) is 15.0. The van der Waals surface area contributed by atoms with Crippen LogP contribution in [0.15, 0.2) is 24.3 Å². The fraction of sp³-hybridized carbons (Fsp3) is 0.621. The Hall–Kier alpha value is -3.01. The minimum absolute atomic E-state index is 0.0429. The number of benzene rings is 1. The second kappa shape index (κ2) is 26.6. The first-order chi connectivity index (χ1) is 20.6. The molecule has 246 valence electrons. The molecule has 14 heteroatoms. The van der Waals surface area contributed by atoms with Crippen molar-refractivity contribution in [2.45, 2.75) is 33.2 Å². The van der Waals surface area contributed by atoms with Crippen LogP contribution in [0, 0.1) is 0 Å². The summed E-state index contributed by atoms with van der Waals surface area (Å²) in [4.78, 5) is 54.7. The van der Waals surface area contributed by atoms with E-state index in [1.807, 2.05) is 71.7 Å². The molecule has 0 saturated carbocycles. The lowest BCUT2D eigenvalue weighted by atomic mass is 10.0. The summed E-state index contributed by atoms with van der Waals surface area (Å²) >= 11 is 4.27. The summed E-state index contributed by atoms with van der Waals surface area (Å²) in [6.45, 7) is 9.74. The summed E-state index contributed by atoms with van der Waals surface area (Å²) in [6.07, 6.45) is 1.46. The molecule has 1 saturated heterocycles. The van der Waals surface area contributed by atoms with Crippen molar-refractivity contribution in [1.29, 1.82) is 0 Å². The second-order valence-electron chi connectivity index (χ2n) is 9.39. The highest BCUT2D eigenvalue weighted by Gasteiger charge is 2.26. The molecule has 1 aliphatic heterocycles. The molecule has 1 aromatic rings. The average Bonchev–Trinajstić information content (AvgIpc) is 2.97. The number of rotatable bonds is 11. The number of hydrogen-bond acceptors (Lipinski definition) is 11. The third-order valence-corrected chi connectivity index (χ3v) is 6.32.